The van der Waals surface area contributed by atoms with Crippen molar-refractivity contribution in [3.05, 3.63) is 83.8 Å². The number of anilines is 1. The van der Waals surface area contributed by atoms with E-state index in [9.17, 15) is 13.2 Å². The van der Waals surface area contributed by atoms with Gasteiger partial charge in [-0.2, -0.15) is 13.2 Å². The van der Waals surface area contributed by atoms with Crippen LogP contribution in [0.1, 0.15) is 52.2 Å². The minimum Gasteiger partial charge on any atom is -0.329 e. The van der Waals surface area contributed by atoms with Crippen LogP contribution in [0.2, 0.25) is 0 Å². The van der Waals surface area contributed by atoms with Gasteiger partial charge in [-0.15, -0.1) is 6.58 Å². The molecule has 1 aromatic rings. The molecule has 1 aromatic heterocycles. The number of rotatable bonds is 9. The molecule has 0 radical (unpaired) electrons. The molecule has 1 rings (SSSR count). The predicted octanol–water partition coefficient (Wildman–Crippen LogP) is 7.66. The zero-order valence-corrected chi connectivity index (χ0v) is 19.0. The molecule has 164 valence electrons. The monoisotopic (exact) mass is 418 g/mol. The topological polar surface area (TPSA) is 16.1 Å². The Labute approximate surface area is 179 Å². The van der Waals surface area contributed by atoms with E-state index in [-0.39, 0.29) is 5.41 Å². The lowest BCUT2D eigenvalue weighted by Crippen LogP contribution is -2.21. The first-order valence-electron chi connectivity index (χ1n) is 9.92. The number of hydrogen-bond acceptors (Lipinski definition) is 2. The maximum absolute atomic E-state index is 13.0. The van der Waals surface area contributed by atoms with E-state index in [1.165, 1.54) is 0 Å². The molecule has 1 heterocycles. The Morgan fingerprint density at radius 2 is 1.83 bits per heavy atom. The first-order valence-corrected chi connectivity index (χ1v) is 9.92. The summed E-state index contributed by atoms with van der Waals surface area (Å²) < 4.78 is 39.1. The van der Waals surface area contributed by atoms with Crippen LogP contribution in [-0.2, 0) is 12.6 Å². The van der Waals surface area contributed by atoms with Gasteiger partial charge in [0.05, 0.1) is 5.56 Å². The number of allylic oxidation sites excluding steroid dienone is 5. The van der Waals surface area contributed by atoms with Crippen LogP contribution in [0.5, 0.6) is 0 Å². The number of pyridine rings is 1. The zero-order chi connectivity index (χ0) is 23.3. The molecular formula is C25H33F3N2. The van der Waals surface area contributed by atoms with Crippen molar-refractivity contribution in [2.24, 2.45) is 5.41 Å². The van der Waals surface area contributed by atoms with E-state index >= 15 is 0 Å². The standard InChI is InChI=1S/C25H33F3N2/c1-10-20(15-24(7,8)12-3)13-17(4)18(5)19(6)30(9)23-21(11-2)14-22(16-29-23)25(26,27)28/h10,12-14,16H,3,5-6,11,15H2,1-2,4,7-9H3/b17-13-,20-10+. The first-order chi connectivity index (χ1) is 13.8. The zero-order valence-electron chi connectivity index (χ0n) is 19.0. The highest BCUT2D eigenvalue weighted by atomic mass is 19.4. The van der Waals surface area contributed by atoms with Crippen LogP contribution in [0.25, 0.3) is 0 Å². The number of nitrogens with zero attached hydrogens (tertiary/aromatic N) is 2. The summed E-state index contributed by atoms with van der Waals surface area (Å²) in [6.07, 6.45) is 3.75. The average molecular weight is 419 g/mol. The highest BCUT2D eigenvalue weighted by Crippen LogP contribution is 2.34. The van der Waals surface area contributed by atoms with Crippen LogP contribution in [0.15, 0.2) is 72.6 Å². The van der Waals surface area contributed by atoms with Crippen molar-refractivity contribution in [3.8, 4) is 0 Å². The molecule has 0 amide bonds. The van der Waals surface area contributed by atoms with Gasteiger partial charge < -0.3 is 4.90 Å². The molecule has 0 aromatic carbocycles. The molecule has 0 aliphatic carbocycles. The molecule has 0 atom stereocenters. The summed E-state index contributed by atoms with van der Waals surface area (Å²) >= 11 is 0. The Morgan fingerprint density at radius 3 is 2.30 bits per heavy atom. The van der Waals surface area contributed by atoms with Crippen LogP contribution in [0.3, 0.4) is 0 Å². The third-order valence-electron chi connectivity index (χ3n) is 5.18. The molecule has 0 saturated carbocycles. The van der Waals surface area contributed by atoms with Crippen LogP contribution in [0, 0.1) is 5.41 Å². The van der Waals surface area contributed by atoms with Crippen LogP contribution < -0.4 is 4.90 Å². The second-order valence-electron chi connectivity index (χ2n) is 8.10. The lowest BCUT2D eigenvalue weighted by Gasteiger charge is -2.26. The van der Waals surface area contributed by atoms with E-state index in [1.54, 1.807) is 18.9 Å². The van der Waals surface area contributed by atoms with Gasteiger partial charge in [-0.05, 0) is 54.9 Å². The molecule has 0 spiro atoms. The molecule has 0 N–H and O–H groups in total. The van der Waals surface area contributed by atoms with Crippen molar-refractivity contribution in [3.63, 3.8) is 0 Å². The Kier molecular flexibility index (Phi) is 8.46. The molecule has 5 heteroatoms. The van der Waals surface area contributed by atoms with Crippen molar-refractivity contribution < 1.29 is 13.2 Å². The van der Waals surface area contributed by atoms with Gasteiger partial charge in [0.1, 0.15) is 5.82 Å². The van der Waals surface area contributed by atoms with Gasteiger partial charge in [-0.3, -0.25) is 0 Å². The first kappa shape index (κ1) is 25.5. The number of aryl methyl sites for hydroxylation is 1. The van der Waals surface area contributed by atoms with Gasteiger partial charge in [0, 0.05) is 18.9 Å². The second kappa shape index (κ2) is 9.96. The molecule has 30 heavy (non-hydrogen) atoms. The number of halogens is 3. The number of hydrogen-bond donors (Lipinski definition) is 0. The van der Waals surface area contributed by atoms with Crippen LogP contribution in [0.4, 0.5) is 19.0 Å². The molecule has 0 unspecified atom stereocenters. The fourth-order valence-electron chi connectivity index (χ4n) is 2.98. The molecule has 0 fully saturated rings. The van der Waals surface area contributed by atoms with Crippen molar-refractivity contribution in [1.29, 1.82) is 0 Å². The molecule has 0 saturated heterocycles. The van der Waals surface area contributed by atoms with E-state index in [0.29, 0.717) is 29.1 Å². The van der Waals surface area contributed by atoms with Gasteiger partial charge in [0.15, 0.2) is 0 Å². The number of likely N-dealkylation sites (N-methyl/N-ethyl adjacent to an activating group) is 1. The summed E-state index contributed by atoms with van der Waals surface area (Å²) in [6.45, 7) is 22.1. The second-order valence-corrected chi connectivity index (χ2v) is 8.10. The minimum absolute atomic E-state index is 0.0338. The Hall–Kier alpha value is -2.56. The molecule has 2 nitrogen and oxygen atoms in total. The van der Waals surface area contributed by atoms with Gasteiger partial charge in [-0.1, -0.05) is 57.7 Å². The van der Waals surface area contributed by atoms with Gasteiger partial charge in [0.2, 0.25) is 0 Å². The van der Waals surface area contributed by atoms with E-state index in [4.69, 9.17) is 0 Å². The fourth-order valence-corrected chi connectivity index (χ4v) is 2.98. The van der Waals surface area contributed by atoms with Crippen molar-refractivity contribution in [1.82, 2.24) is 4.98 Å². The van der Waals surface area contributed by atoms with E-state index in [1.807, 2.05) is 19.9 Å². The summed E-state index contributed by atoms with van der Waals surface area (Å²) in [5, 5.41) is 0. The maximum Gasteiger partial charge on any atom is 0.417 e. The summed E-state index contributed by atoms with van der Waals surface area (Å²) in [5.41, 5.74) is 3.10. The Bertz CT molecular complexity index is 871. The van der Waals surface area contributed by atoms with Crippen molar-refractivity contribution in [2.45, 2.75) is 53.6 Å². The Morgan fingerprint density at radius 1 is 1.23 bits per heavy atom. The van der Waals surface area contributed by atoms with Gasteiger partial charge in [-0.25, -0.2) is 4.98 Å². The third kappa shape index (κ3) is 6.48. The predicted molar refractivity (Wildman–Crippen MR) is 121 cm³/mol. The van der Waals surface area contributed by atoms with Gasteiger partial charge >= 0.3 is 6.18 Å². The SMILES string of the molecule is C=CC(C)(C)CC(=C/C)/C=C(/C)C(=C)C(=C)N(C)c1ncc(C(F)(F)F)cc1CC. The lowest BCUT2D eigenvalue weighted by molar-refractivity contribution is -0.137. The minimum atomic E-state index is -4.42. The molecule has 0 aliphatic rings. The third-order valence-corrected chi connectivity index (χ3v) is 5.18. The Balaban J connectivity index is 3.15. The summed E-state index contributed by atoms with van der Waals surface area (Å²) in [5.74, 6) is 0.448. The average Bonchev–Trinajstić information content (AvgIpc) is 2.69. The van der Waals surface area contributed by atoms with E-state index < -0.39 is 11.7 Å². The normalized spacial score (nSPS) is 13.2. The van der Waals surface area contributed by atoms with Gasteiger partial charge in [0.25, 0.3) is 0 Å². The summed E-state index contributed by atoms with van der Waals surface area (Å²) in [4.78, 5) is 5.77. The highest BCUT2D eigenvalue weighted by Gasteiger charge is 2.32. The fraction of sp³-hybridized carbons (Fsp3) is 0.400. The van der Waals surface area contributed by atoms with Crippen LogP contribution >= 0.6 is 0 Å². The largest absolute Gasteiger partial charge is 0.417 e. The van der Waals surface area contributed by atoms with E-state index in [0.717, 1.165) is 29.8 Å². The number of aromatic nitrogens is 1. The molecule has 0 aliphatic heterocycles. The van der Waals surface area contributed by atoms with Crippen molar-refractivity contribution in [2.75, 3.05) is 11.9 Å². The summed E-state index contributed by atoms with van der Waals surface area (Å²) in [7, 11) is 1.74. The van der Waals surface area contributed by atoms with Crippen LogP contribution in [-0.4, -0.2) is 12.0 Å². The summed E-state index contributed by atoms with van der Waals surface area (Å²) in [6, 6.07) is 1.15. The highest BCUT2D eigenvalue weighted by molar-refractivity contribution is 5.59. The number of alkyl halides is 3. The van der Waals surface area contributed by atoms with Crippen molar-refractivity contribution >= 4 is 5.82 Å². The quantitative estimate of drug-likeness (QED) is 0.302. The maximum atomic E-state index is 13.0. The van der Waals surface area contributed by atoms with E-state index in [2.05, 4.69) is 50.7 Å². The smallest absolute Gasteiger partial charge is 0.329 e. The molecule has 0 bridgehead atoms. The lowest BCUT2D eigenvalue weighted by atomic mass is 9.85. The molecular weight excluding hydrogens is 385 g/mol.